The lowest BCUT2D eigenvalue weighted by molar-refractivity contribution is -0.131. The summed E-state index contributed by atoms with van der Waals surface area (Å²) >= 11 is 0. The van der Waals surface area contributed by atoms with Crippen molar-refractivity contribution in [2.24, 2.45) is 10.8 Å². The lowest BCUT2D eigenvalue weighted by Crippen LogP contribution is -2.41. The maximum Gasteiger partial charge on any atom is 0.143 e. The first kappa shape index (κ1) is 18.0. The van der Waals surface area contributed by atoms with Gasteiger partial charge in [-0.05, 0) is 36.0 Å². The molecule has 27 heavy (non-hydrogen) atoms. The number of allylic oxidation sites excluding steroid dienone is 3. The lowest BCUT2D eigenvalue weighted by Gasteiger charge is -2.46. The van der Waals surface area contributed by atoms with Crippen LogP contribution < -0.4 is 0 Å². The van der Waals surface area contributed by atoms with Crippen molar-refractivity contribution in [1.82, 2.24) is 0 Å². The quantitative estimate of drug-likeness (QED) is 0.591. The van der Waals surface area contributed by atoms with Crippen molar-refractivity contribution in [2.75, 3.05) is 0 Å². The Labute approximate surface area is 162 Å². The van der Waals surface area contributed by atoms with E-state index in [-0.39, 0.29) is 16.7 Å². The smallest absolute Gasteiger partial charge is 0.143 e. The number of hydrogen-bond acceptors (Lipinski definition) is 1. The van der Waals surface area contributed by atoms with Gasteiger partial charge in [0.25, 0.3) is 0 Å². The van der Waals surface area contributed by atoms with Crippen LogP contribution in [-0.4, -0.2) is 5.78 Å². The molecule has 1 nitrogen and oxygen atoms in total. The first-order valence-electron chi connectivity index (χ1n) is 10.2. The summed E-state index contributed by atoms with van der Waals surface area (Å²) < 4.78 is 0. The van der Waals surface area contributed by atoms with Crippen LogP contribution in [0, 0.1) is 10.8 Å². The van der Waals surface area contributed by atoms with E-state index in [1.54, 1.807) is 0 Å². The minimum Gasteiger partial charge on any atom is -0.299 e. The predicted molar refractivity (Wildman–Crippen MR) is 112 cm³/mol. The molecule has 2 aromatic carbocycles. The van der Waals surface area contributed by atoms with Crippen molar-refractivity contribution in [3.8, 4) is 0 Å². The molecule has 2 aromatic rings. The number of benzene rings is 2. The van der Waals surface area contributed by atoms with E-state index in [1.807, 2.05) is 6.07 Å². The first-order chi connectivity index (χ1) is 13.1. The van der Waals surface area contributed by atoms with Crippen molar-refractivity contribution < 1.29 is 4.79 Å². The average Bonchev–Trinajstić information content (AvgIpc) is 3.03. The van der Waals surface area contributed by atoms with Gasteiger partial charge >= 0.3 is 0 Å². The molecule has 1 heteroatoms. The molecule has 138 valence electrons. The monoisotopic (exact) mass is 356 g/mol. The van der Waals surface area contributed by atoms with Crippen molar-refractivity contribution in [1.29, 1.82) is 0 Å². The van der Waals surface area contributed by atoms with Crippen molar-refractivity contribution >= 4 is 11.9 Å². The van der Waals surface area contributed by atoms with Crippen LogP contribution in [0.1, 0.15) is 56.6 Å². The Bertz CT molecular complexity index is 877. The van der Waals surface area contributed by atoms with E-state index < -0.39 is 0 Å². The number of ketones is 1. The van der Waals surface area contributed by atoms with E-state index in [4.69, 9.17) is 0 Å². The maximum atomic E-state index is 13.2. The van der Waals surface area contributed by atoms with Crippen LogP contribution in [0.5, 0.6) is 0 Å². The van der Waals surface area contributed by atoms with Gasteiger partial charge < -0.3 is 0 Å². The molecule has 0 heterocycles. The molecule has 4 rings (SSSR count). The summed E-state index contributed by atoms with van der Waals surface area (Å²) in [6.07, 6.45) is 10.4. The fourth-order valence-corrected chi connectivity index (χ4v) is 5.33. The van der Waals surface area contributed by atoms with Crippen LogP contribution >= 0.6 is 0 Å². The van der Waals surface area contributed by atoms with E-state index in [1.165, 1.54) is 16.7 Å². The summed E-state index contributed by atoms with van der Waals surface area (Å²) in [7, 11) is 0. The van der Waals surface area contributed by atoms with E-state index in [9.17, 15) is 4.79 Å². The second-order valence-corrected chi connectivity index (χ2v) is 8.13. The number of fused-ring (bicyclic) bond motifs is 2. The van der Waals surface area contributed by atoms with Gasteiger partial charge in [-0.15, -0.1) is 0 Å². The molecule has 1 saturated carbocycles. The fraction of sp³-hybridized carbons (Fsp3) is 0.346. The van der Waals surface area contributed by atoms with Crippen LogP contribution in [0.4, 0.5) is 0 Å². The van der Waals surface area contributed by atoms with E-state index in [2.05, 4.69) is 86.7 Å². The molecule has 0 aromatic heterocycles. The molecular formula is C26H28O. The Morgan fingerprint density at radius 2 is 1.59 bits per heavy atom. The molecule has 0 unspecified atom stereocenters. The minimum absolute atomic E-state index is 0.0521. The fourth-order valence-electron chi connectivity index (χ4n) is 5.33. The van der Waals surface area contributed by atoms with Crippen LogP contribution in [0.3, 0.4) is 0 Å². The summed E-state index contributed by atoms with van der Waals surface area (Å²) in [4.78, 5) is 13.2. The number of hydrogen-bond donors (Lipinski definition) is 0. The normalized spacial score (nSPS) is 29.9. The van der Waals surface area contributed by atoms with Gasteiger partial charge in [-0.2, -0.15) is 0 Å². The summed E-state index contributed by atoms with van der Waals surface area (Å²) in [6, 6.07) is 21.1. The molecule has 0 N–H and O–H groups in total. The van der Waals surface area contributed by atoms with Crippen molar-refractivity contribution in [2.45, 2.75) is 45.4 Å². The van der Waals surface area contributed by atoms with E-state index >= 15 is 0 Å². The Balaban J connectivity index is 1.80. The molecule has 2 aliphatic rings. The van der Waals surface area contributed by atoms with Crippen LogP contribution in [0.25, 0.3) is 6.08 Å². The van der Waals surface area contributed by atoms with Gasteiger partial charge in [0.05, 0.1) is 0 Å². The van der Waals surface area contributed by atoms with Gasteiger partial charge in [0.1, 0.15) is 5.78 Å². The highest BCUT2D eigenvalue weighted by Crippen LogP contribution is 2.64. The van der Waals surface area contributed by atoms with Crippen LogP contribution in [0.2, 0.25) is 0 Å². The molecular weight excluding hydrogens is 328 g/mol. The summed E-state index contributed by atoms with van der Waals surface area (Å²) in [5.74, 6) is 0.691. The number of Topliss-reactive ketones (excluding diaryl/α,β-unsaturated/α-hetero) is 1. The van der Waals surface area contributed by atoms with E-state index in [0.717, 1.165) is 19.3 Å². The Morgan fingerprint density at radius 3 is 2.22 bits per heavy atom. The van der Waals surface area contributed by atoms with Crippen LogP contribution in [0.15, 0.2) is 78.4 Å². The maximum absolute atomic E-state index is 13.2. The molecule has 3 atom stereocenters. The largest absolute Gasteiger partial charge is 0.299 e. The van der Waals surface area contributed by atoms with Gasteiger partial charge in [0.15, 0.2) is 0 Å². The van der Waals surface area contributed by atoms with Gasteiger partial charge in [-0.3, -0.25) is 4.79 Å². The highest BCUT2D eigenvalue weighted by atomic mass is 16.1. The number of carbonyl (C=O) groups is 1. The molecule has 2 bridgehead atoms. The Morgan fingerprint density at radius 1 is 0.926 bits per heavy atom. The molecule has 0 spiro atoms. The molecule has 0 radical (unpaired) electrons. The minimum atomic E-state index is -0.266. The second kappa shape index (κ2) is 6.96. The first-order valence-corrected chi connectivity index (χ1v) is 10.2. The van der Waals surface area contributed by atoms with Crippen LogP contribution in [-0.2, 0) is 4.79 Å². The van der Waals surface area contributed by atoms with Crippen molar-refractivity contribution in [3.05, 3.63) is 89.5 Å². The van der Waals surface area contributed by atoms with Gasteiger partial charge in [0.2, 0.25) is 0 Å². The Kier molecular flexibility index (Phi) is 4.63. The zero-order valence-electron chi connectivity index (χ0n) is 16.3. The topological polar surface area (TPSA) is 17.1 Å². The molecule has 0 aliphatic heterocycles. The summed E-state index contributed by atoms with van der Waals surface area (Å²) in [5.41, 5.74) is 3.65. The number of carbonyl (C=O) groups excluding carboxylic acids is 1. The molecule has 0 amide bonds. The lowest BCUT2D eigenvalue weighted by atomic mass is 9.56. The number of rotatable bonds is 5. The zero-order valence-corrected chi connectivity index (χ0v) is 16.3. The average molecular weight is 357 g/mol. The highest BCUT2D eigenvalue weighted by molar-refractivity contribution is 5.91. The Hall–Kier alpha value is -2.41. The zero-order chi connectivity index (χ0) is 18.9. The third-order valence-electron chi connectivity index (χ3n) is 6.97. The SMILES string of the molecule is CC[C@@]12C=C(/C=C/c3ccccc3)[C@](CC)(C1)[C@H](c1ccccc1)CC2=O. The summed E-state index contributed by atoms with van der Waals surface area (Å²) in [6.45, 7) is 4.46. The standard InChI is InChI=1S/C26H28O/c1-3-25-18-22(16-15-20-11-7-5-8-12-20)26(4-2,19-25)23(17-24(25)27)21-13-9-6-10-14-21/h5-16,18,23H,3-4,17,19H2,1-2H3/b16-15+/t23-,25+,26-/m0/s1. The predicted octanol–water partition coefficient (Wildman–Crippen LogP) is 6.58. The molecule has 2 aliphatic carbocycles. The van der Waals surface area contributed by atoms with Crippen molar-refractivity contribution in [3.63, 3.8) is 0 Å². The molecule has 1 fully saturated rings. The molecule has 0 saturated heterocycles. The van der Waals surface area contributed by atoms with E-state index in [0.29, 0.717) is 12.2 Å². The van der Waals surface area contributed by atoms with Gasteiger partial charge in [0, 0.05) is 23.2 Å². The van der Waals surface area contributed by atoms with Gasteiger partial charge in [-0.25, -0.2) is 0 Å². The summed E-state index contributed by atoms with van der Waals surface area (Å²) in [5, 5.41) is 0. The van der Waals surface area contributed by atoms with Gasteiger partial charge in [-0.1, -0.05) is 92.7 Å². The third-order valence-corrected chi connectivity index (χ3v) is 6.97. The third kappa shape index (κ3) is 2.90. The second-order valence-electron chi connectivity index (χ2n) is 8.13. The highest BCUT2D eigenvalue weighted by Gasteiger charge is 2.58.